The number of benzene rings is 1. The molecule has 7 nitrogen and oxygen atoms in total. The van der Waals surface area contributed by atoms with Crippen molar-refractivity contribution in [2.75, 3.05) is 23.7 Å². The molecule has 0 aliphatic carbocycles. The number of nitrogens with one attached hydrogen (secondary N) is 2. The van der Waals surface area contributed by atoms with Crippen LogP contribution in [0.25, 0.3) is 11.4 Å². The summed E-state index contributed by atoms with van der Waals surface area (Å²) in [6.45, 7) is 1.03. The lowest BCUT2D eigenvalue weighted by atomic mass is 9.97. The van der Waals surface area contributed by atoms with Crippen molar-refractivity contribution < 1.29 is 9.59 Å². The van der Waals surface area contributed by atoms with Crippen molar-refractivity contribution in [2.24, 2.45) is 5.92 Å². The molecule has 3 amide bonds. The summed E-state index contributed by atoms with van der Waals surface area (Å²) >= 11 is 1.37. The summed E-state index contributed by atoms with van der Waals surface area (Å²) < 4.78 is 0. The number of carbonyl (C=O) groups excluding carboxylic acids is 2. The minimum atomic E-state index is -0.257. The molecule has 8 heteroatoms. The number of thiazole rings is 1. The van der Waals surface area contributed by atoms with Gasteiger partial charge in [-0.3, -0.25) is 9.78 Å². The van der Waals surface area contributed by atoms with Crippen molar-refractivity contribution >= 4 is 34.1 Å². The van der Waals surface area contributed by atoms with Crippen molar-refractivity contribution in [3.8, 4) is 11.4 Å². The Morgan fingerprint density at radius 2 is 1.86 bits per heavy atom. The number of para-hydroxylation sites is 1. The first kappa shape index (κ1) is 19.1. The molecule has 29 heavy (non-hydrogen) atoms. The molecule has 1 atom stereocenters. The Morgan fingerprint density at radius 1 is 1.03 bits per heavy atom. The SMILES string of the molecule is O=C(Nc1nc(-c2ccccn2)cs1)C1CCCN(C(=O)Nc2ccccc2)C1. The third-order valence-electron chi connectivity index (χ3n) is 4.77. The van der Waals surface area contributed by atoms with Crippen molar-refractivity contribution in [1.29, 1.82) is 0 Å². The van der Waals surface area contributed by atoms with Crippen LogP contribution < -0.4 is 10.6 Å². The van der Waals surface area contributed by atoms with Crippen LogP contribution in [0, 0.1) is 5.92 Å². The average molecular weight is 407 g/mol. The maximum absolute atomic E-state index is 12.7. The zero-order valence-electron chi connectivity index (χ0n) is 15.7. The number of likely N-dealkylation sites (tertiary alicyclic amines) is 1. The van der Waals surface area contributed by atoms with Gasteiger partial charge in [0.05, 0.1) is 11.6 Å². The molecule has 4 rings (SSSR count). The fraction of sp³-hybridized carbons (Fsp3) is 0.238. The lowest BCUT2D eigenvalue weighted by Crippen LogP contribution is -2.45. The molecule has 1 fully saturated rings. The predicted molar refractivity (Wildman–Crippen MR) is 114 cm³/mol. The van der Waals surface area contributed by atoms with Crippen molar-refractivity contribution in [2.45, 2.75) is 12.8 Å². The first-order valence-corrected chi connectivity index (χ1v) is 10.4. The first-order chi connectivity index (χ1) is 14.2. The Labute approximate surface area is 172 Å². The van der Waals surface area contributed by atoms with Crippen LogP contribution in [0.3, 0.4) is 0 Å². The van der Waals surface area contributed by atoms with Gasteiger partial charge in [0.2, 0.25) is 5.91 Å². The van der Waals surface area contributed by atoms with Crippen molar-refractivity contribution in [3.05, 3.63) is 60.1 Å². The molecule has 0 bridgehead atoms. The molecule has 2 N–H and O–H groups in total. The van der Waals surface area contributed by atoms with Crippen LogP contribution in [0.2, 0.25) is 0 Å². The first-order valence-electron chi connectivity index (χ1n) is 9.48. The lowest BCUT2D eigenvalue weighted by Gasteiger charge is -2.31. The maximum Gasteiger partial charge on any atom is 0.321 e. The summed E-state index contributed by atoms with van der Waals surface area (Å²) in [4.78, 5) is 35.7. The molecule has 1 unspecified atom stereocenters. The van der Waals surface area contributed by atoms with Crippen LogP contribution in [-0.2, 0) is 4.79 Å². The van der Waals surface area contributed by atoms with Gasteiger partial charge in [-0.15, -0.1) is 11.3 Å². The summed E-state index contributed by atoms with van der Waals surface area (Å²) in [7, 11) is 0. The number of anilines is 2. The lowest BCUT2D eigenvalue weighted by molar-refractivity contribution is -0.121. The van der Waals surface area contributed by atoms with E-state index in [1.54, 1.807) is 11.1 Å². The van der Waals surface area contributed by atoms with E-state index < -0.39 is 0 Å². The van der Waals surface area contributed by atoms with Gasteiger partial charge in [0.25, 0.3) is 0 Å². The van der Waals surface area contributed by atoms with Crippen LogP contribution >= 0.6 is 11.3 Å². The van der Waals surface area contributed by atoms with E-state index in [1.165, 1.54) is 11.3 Å². The second-order valence-corrected chi connectivity index (χ2v) is 7.68. The highest BCUT2D eigenvalue weighted by Gasteiger charge is 2.29. The number of piperidine rings is 1. The molecule has 1 aliphatic rings. The van der Waals surface area contributed by atoms with Crippen molar-refractivity contribution in [1.82, 2.24) is 14.9 Å². The summed E-state index contributed by atoms with van der Waals surface area (Å²) in [5, 5.41) is 8.19. The molecule has 0 radical (unpaired) electrons. The highest BCUT2D eigenvalue weighted by Crippen LogP contribution is 2.25. The minimum absolute atomic E-state index is 0.107. The van der Waals surface area contributed by atoms with Gasteiger partial charge in [-0.2, -0.15) is 0 Å². The van der Waals surface area contributed by atoms with E-state index >= 15 is 0 Å². The van der Waals surface area contributed by atoms with E-state index in [-0.39, 0.29) is 17.9 Å². The predicted octanol–water partition coefficient (Wildman–Crippen LogP) is 4.09. The van der Waals surface area contributed by atoms with Gasteiger partial charge in [-0.25, -0.2) is 9.78 Å². The number of amides is 3. The number of urea groups is 1. The van der Waals surface area contributed by atoms with E-state index in [1.807, 2.05) is 53.9 Å². The number of pyridine rings is 1. The second kappa shape index (κ2) is 8.83. The zero-order valence-corrected chi connectivity index (χ0v) is 16.6. The highest BCUT2D eigenvalue weighted by atomic mass is 32.1. The number of rotatable bonds is 4. The molecule has 2 aromatic heterocycles. The highest BCUT2D eigenvalue weighted by molar-refractivity contribution is 7.14. The molecule has 1 aromatic carbocycles. The molecule has 1 aliphatic heterocycles. The normalized spacial score (nSPS) is 16.3. The quantitative estimate of drug-likeness (QED) is 0.682. The van der Waals surface area contributed by atoms with E-state index in [0.717, 1.165) is 29.9 Å². The standard InChI is InChI=1S/C21H21N5O2S/c27-19(25-20-24-18(14-29-20)17-10-4-5-11-22-17)15-7-6-12-26(13-15)21(28)23-16-8-2-1-3-9-16/h1-5,8-11,14-15H,6-7,12-13H2,(H,23,28)(H,24,25,27). The third kappa shape index (κ3) is 4.78. The van der Waals surface area contributed by atoms with Gasteiger partial charge in [0, 0.05) is 30.4 Å². The maximum atomic E-state index is 12.7. The average Bonchev–Trinajstić information content (AvgIpc) is 3.23. The van der Waals surface area contributed by atoms with Gasteiger partial charge < -0.3 is 15.5 Å². The Bertz CT molecular complexity index is 977. The van der Waals surface area contributed by atoms with Gasteiger partial charge in [0.1, 0.15) is 5.69 Å². The molecule has 3 heterocycles. The van der Waals surface area contributed by atoms with Gasteiger partial charge >= 0.3 is 6.03 Å². The van der Waals surface area contributed by atoms with E-state index in [0.29, 0.717) is 18.2 Å². The Balaban J connectivity index is 1.35. The Kier molecular flexibility index (Phi) is 5.81. The third-order valence-corrected chi connectivity index (χ3v) is 5.52. The topological polar surface area (TPSA) is 87.2 Å². The summed E-state index contributed by atoms with van der Waals surface area (Å²) in [5.74, 6) is -0.364. The van der Waals surface area contributed by atoms with E-state index in [9.17, 15) is 9.59 Å². The Morgan fingerprint density at radius 3 is 2.66 bits per heavy atom. The van der Waals surface area contributed by atoms with Crippen LogP contribution in [-0.4, -0.2) is 39.9 Å². The minimum Gasteiger partial charge on any atom is -0.324 e. The summed E-state index contributed by atoms with van der Waals surface area (Å²) in [5.41, 5.74) is 2.25. The summed E-state index contributed by atoms with van der Waals surface area (Å²) in [6, 6.07) is 14.8. The molecular formula is C21H21N5O2S. The van der Waals surface area contributed by atoms with Crippen LogP contribution in [0.4, 0.5) is 15.6 Å². The number of nitrogens with zero attached hydrogens (tertiary/aromatic N) is 3. The van der Waals surface area contributed by atoms with E-state index in [4.69, 9.17) is 0 Å². The largest absolute Gasteiger partial charge is 0.324 e. The van der Waals surface area contributed by atoms with Gasteiger partial charge in [-0.05, 0) is 37.1 Å². The molecule has 148 valence electrons. The number of hydrogen-bond donors (Lipinski definition) is 2. The van der Waals surface area contributed by atoms with Crippen LogP contribution in [0.15, 0.2) is 60.1 Å². The van der Waals surface area contributed by atoms with Gasteiger partial charge in [-0.1, -0.05) is 24.3 Å². The van der Waals surface area contributed by atoms with Crippen LogP contribution in [0.5, 0.6) is 0 Å². The number of hydrogen-bond acceptors (Lipinski definition) is 5. The number of aromatic nitrogens is 2. The fourth-order valence-electron chi connectivity index (χ4n) is 3.27. The van der Waals surface area contributed by atoms with Crippen LogP contribution in [0.1, 0.15) is 12.8 Å². The zero-order chi connectivity index (χ0) is 20.1. The number of carbonyl (C=O) groups is 2. The molecular weight excluding hydrogens is 386 g/mol. The molecule has 0 saturated carbocycles. The fourth-order valence-corrected chi connectivity index (χ4v) is 3.98. The molecule has 1 saturated heterocycles. The van der Waals surface area contributed by atoms with Crippen molar-refractivity contribution in [3.63, 3.8) is 0 Å². The Hall–Kier alpha value is -3.26. The summed E-state index contributed by atoms with van der Waals surface area (Å²) in [6.07, 6.45) is 3.25. The molecule has 3 aromatic rings. The molecule has 0 spiro atoms. The van der Waals surface area contributed by atoms with Gasteiger partial charge in [0.15, 0.2) is 5.13 Å². The second-order valence-electron chi connectivity index (χ2n) is 6.82. The smallest absolute Gasteiger partial charge is 0.321 e. The monoisotopic (exact) mass is 407 g/mol. The van der Waals surface area contributed by atoms with E-state index in [2.05, 4.69) is 20.6 Å².